The summed E-state index contributed by atoms with van der Waals surface area (Å²) in [7, 11) is 0. The lowest BCUT2D eigenvalue weighted by Crippen LogP contribution is -2.31. The minimum absolute atomic E-state index is 0.383. The van der Waals surface area contributed by atoms with Crippen molar-refractivity contribution in [1.82, 2.24) is 0 Å². The van der Waals surface area contributed by atoms with E-state index in [9.17, 15) is 10.2 Å². The normalized spacial score (nSPS) is 13.4. The van der Waals surface area contributed by atoms with Crippen LogP contribution in [0.4, 0.5) is 0 Å². The van der Waals surface area contributed by atoms with E-state index in [-0.39, 0.29) is 5.92 Å². The fraction of sp³-hybridized carbons (Fsp3) is 0.200. The van der Waals surface area contributed by atoms with Gasteiger partial charge in [0.2, 0.25) is 0 Å². The van der Waals surface area contributed by atoms with Crippen LogP contribution in [0, 0.1) is 0 Å². The smallest absolute Gasteiger partial charge is 0.196 e. The third-order valence-corrected chi connectivity index (χ3v) is 3.10. The molecule has 0 aromatic heterocycles. The van der Waals surface area contributed by atoms with Crippen molar-refractivity contribution in [3.8, 4) is 0 Å². The third kappa shape index (κ3) is 2.38. The highest BCUT2D eigenvalue weighted by molar-refractivity contribution is 5.28. The molecule has 0 aliphatic rings. The molecule has 0 aliphatic carbocycles. The van der Waals surface area contributed by atoms with E-state index in [1.807, 2.05) is 43.3 Å². The van der Waals surface area contributed by atoms with E-state index in [1.165, 1.54) is 0 Å². The highest BCUT2D eigenvalue weighted by atomic mass is 16.5. The van der Waals surface area contributed by atoms with Gasteiger partial charge in [-0.1, -0.05) is 67.6 Å². The molecule has 88 valence electrons. The molecule has 0 saturated carbocycles. The summed E-state index contributed by atoms with van der Waals surface area (Å²) in [5.74, 6) is -2.23. The van der Waals surface area contributed by atoms with E-state index in [0.717, 1.165) is 5.56 Å². The summed E-state index contributed by atoms with van der Waals surface area (Å²) in [5, 5.41) is 20.5. The molecule has 1 atom stereocenters. The molecule has 2 rings (SSSR count). The minimum Gasteiger partial charge on any atom is -0.361 e. The fourth-order valence-corrected chi connectivity index (χ4v) is 1.91. The van der Waals surface area contributed by atoms with Gasteiger partial charge in [0, 0.05) is 11.5 Å². The van der Waals surface area contributed by atoms with Crippen LogP contribution in [0.25, 0.3) is 0 Å². The Bertz CT molecular complexity index is 463. The van der Waals surface area contributed by atoms with Gasteiger partial charge in [0.05, 0.1) is 0 Å². The summed E-state index contributed by atoms with van der Waals surface area (Å²) in [6.45, 7) is 1.81. The van der Waals surface area contributed by atoms with Gasteiger partial charge in [-0.15, -0.1) is 0 Å². The van der Waals surface area contributed by atoms with Crippen LogP contribution in [-0.2, 0) is 5.79 Å². The van der Waals surface area contributed by atoms with Crippen LogP contribution < -0.4 is 0 Å². The second-order valence-corrected chi connectivity index (χ2v) is 4.22. The predicted molar refractivity (Wildman–Crippen MR) is 67.4 cm³/mol. The van der Waals surface area contributed by atoms with Crippen LogP contribution in [0.1, 0.15) is 24.0 Å². The molecule has 17 heavy (non-hydrogen) atoms. The predicted octanol–water partition coefficient (Wildman–Crippen LogP) is 2.63. The van der Waals surface area contributed by atoms with Gasteiger partial charge < -0.3 is 10.2 Å². The lowest BCUT2D eigenvalue weighted by molar-refractivity contribution is -0.185. The molecule has 0 saturated heterocycles. The molecule has 1 unspecified atom stereocenters. The molecule has 0 radical (unpaired) electrons. The second-order valence-electron chi connectivity index (χ2n) is 4.22. The van der Waals surface area contributed by atoms with Crippen molar-refractivity contribution in [2.75, 3.05) is 0 Å². The summed E-state index contributed by atoms with van der Waals surface area (Å²) in [6.07, 6.45) is 0. The molecule has 0 bridgehead atoms. The first kappa shape index (κ1) is 11.8. The molecule has 0 heterocycles. The average molecular weight is 228 g/mol. The molecule has 0 amide bonds. The van der Waals surface area contributed by atoms with Crippen LogP contribution in [-0.4, -0.2) is 10.2 Å². The monoisotopic (exact) mass is 228 g/mol. The standard InChI is InChI=1S/C15H16O2/c1-12(13-8-4-2-5-9-13)15(16,17)14-10-6-3-7-11-14/h2-12,16-17H,1H3. The molecule has 2 nitrogen and oxygen atoms in total. The highest BCUT2D eigenvalue weighted by Crippen LogP contribution is 2.33. The first-order chi connectivity index (χ1) is 8.12. The Morgan fingerprint density at radius 3 is 1.82 bits per heavy atom. The lowest BCUT2D eigenvalue weighted by Gasteiger charge is -2.29. The quantitative estimate of drug-likeness (QED) is 0.793. The third-order valence-electron chi connectivity index (χ3n) is 3.10. The van der Waals surface area contributed by atoms with Crippen LogP contribution >= 0.6 is 0 Å². The molecule has 0 spiro atoms. The fourth-order valence-electron chi connectivity index (χ4n) is 1.91. The second kappa shape index (κ2) is 4.70. The van der Waals surface area contributed by atoms with Crippen molar-refractivity contribution < 1.29 is 10.2 Å². The van der Waals surface area contributed by atoms with E-state index in [1.54, 1.807) is 24.3 Å². The van der Waals surface area contributed by atoms with Crippen LogP contribution in [0.15, 0.2) is 60.7 Å². The maximum atomic E-state index is 10.3. The first-order valence-corrected chi connectivity index (χ1v) is 5.67. The summed E-state index contributed by atoms with van der Waals surface area (Å²) in [6, 6.07) is 18.4. The zero-order valence-corrected chi connectivity index (χ0v) is 9.75. The number of hydrogen-bond acceptors (Lipinski definition) is 2. The SMILES string of the molecule is CC(c1ccccc1)C(O)(O)c1ccccc1. The average Bonchev–Trinajstić information content (AvgIpc) is 2.40. The van der Waals surface area contributed by atoms with E-state index >= 15 is 0 Å². The van der Waals surface area contributed by atoms with Crippen LogP contribution in [0.2, 0.25) is 0 Å². The maximum Gasteiger partial charge on any atom is 0.196 e. The highest BCUT2D eigenvalue weighted by Gasteiger charge is 2.33. The molecule has 2 aromatic rings. The number of rotatable bonds is 3. The zero-order valence-electron chi connectivity index (χ0n) is 9.75. The molecule has 2 aromatic carbocycles. The van der Waals surface area contributed by atoms with Crippen molar-refractivity contribution in [2.24, 2.45) is 0 Å². The number of benzene rings is 2. The van der Waals surface area contributed by atoms with E-state index in [4.69, 9.17) is 0 Å². The van der Waals surface area contributed by atoms with Crippen molar-refractivity contribution in [2.45, 2.75) is 18.6 Å². The number of aliphatic hydroxyl groups is 2. The summed E-state index contributed by atoms with van der Waals surface area (Å²) in [4.78, 5) is 0. The van der Waals surface area contributed by atoms with Crippen LogP contribution in [0.5, 0.6) is 0 Å². The molecule has 0 fully saturated rings. The Balaban J connectivity index is 2.33. The van der Waals surface area contributed by atoms with Crippen molar-refractivity contribution in [3.05, 3.63) is 71.8 Å². The topological polar surface area (TPSA) is 40.5 Å². The van der Waals surface area contributed by atoms with Gasteiger partial charge in [-0.3, -0.25) is 0 Å². The molecule has 2 heteroatoms. The summed E-state index contributed by atoms with van der Waals surface area (Å²) >= 11 is 0. The van der Waals surface area contributed by atoms with Gasteiger partial charge in [0.1, 0.15) is 0 Å². The maximum absolute atomic E-state index is 10.3. The van der Waals surface area contributed by atoms with Gasteiger partial charge in [0.25, 0.3) is 0 Å². The van der Waals surface area contributed by atoms with Crippen molar-refractivity contribution in [3.63, 3.8) is 0 Å². The van der Waals surface area contributed by atoms with Crippen molar-refractivity contribution >= 4 is 0 Å². The number of hydrogen-bond donors (Lipinski definition) is 2. The van der Waals surface area contributed by atoms with E-state index in [0.29, 0.717) is 5.56 Å². The molecular weight excluding hydrogens is 212 g/mol. The van der Waals surface area contributed by atoms with Gasteiger partial charge in [0.15, 0.2) is 5.79 Å². The Labute approximate surface area is 101 Å². The molecule has 2 N–H and O–H groups in total. The summed E-state index contributed by atoms with van der Waals surface area (Å²) in [5.41, 5.74) is 1.41. The van der Waals surface area contributed by atoms with Crippen LogP contribution in [0.3, 0.4) is 0 Å². The van der Waals surface area contributed by atoms with Crippen molar-refractivity contribution in [1.29, 1.82) is 0 Å². The first-order valence-electron chi connectivity index (χ1n) is 5.67. The largest absolute Gasteiger partial charge is 0.361 e. The lowest BCUT2D eigenvalue weighted by atomic mass is 9.87. The van der Waals surface area contributed by atoms with Gasteiger partial charge in [-0.2, -0.15) is 0 Å². The van der Waals surface area contributed by atoms with Gasteiger partial charge >= 0.3 is 0 Å². The molecule has 0 aliphatic heterocycles. The Kier molecular flexibility index (Phi) is 3.27. The van der Waals surface area contributed by atoms with E-state index in [2.05, 4.69) is 0 Å². The van der Waals surface area contributed by atoms with Gasteiger partial charge in [-0.25, -0.2) is 0 Å². The zero-order chi connectivity index (χ0) is 12.3. The minimum atomic E-state index is -1.84. The molecular formula is C15H16O2. The Morgan fingerprint density at radius 2 is 1.29 bits per heavy atom. The Morgan fingerprint density at radius 1 is 0.824 bits per heavy atom. The summed E-state index contributed by atoms with van der Waals surface area (Å²) < 4.78 is 0. The van der Waals surface area contributed by atoms with Gasteiger partial charge in [-0.05, 0) is 5.56 Å². The van der Waals surface area contributed by atoms with E-state index < -0.39 is 5.79 Å². The Hall–Kier alpha value is -1.64.